The third-order valence-electron chi connectivity index (χ3n) is 3.40. The molecule has 0 unspecified atom stereocenters. The van der Waals surface area contributed by atoms with E-state index in [1.807, 2.05) is 0 Å². The summed E-state index contributed by atoms with van der Waals surface area (Å²) < 4.78 is 18.5. The van der Waals surface area contributed by atoms with E-state index in [0.717, 1.165) is 42.2 Å². The van der Waals surface area contributed by atoms with Gasteiger partial charge in [-0.05, 0) is 49.4 Å². The van der Waals surface area contributed by atoms with E-state index in [0.29, 0.717) is 0 Å². The maximum atomic E-state index is 13.1. The number of hydrogen-bond donors (Lipinski definition) is 1. The Labute approximate surface area is 93.2 Å². The molecular weight excluding hydrogens is 205 g/mol. The summed E-state index contributed by atoms with van der Waals surface area (Å²) in [5, 5.41) is 0.879. The minimum Gasteiger partial charge on any atom is -0.464 e. The second-order valence-electron chi connectivity index (χ2n) is 4.76. The van der Waals surface area contributed by atoms with Crippen LogP contribution >= 0.6 is 0 Å². The Morgan fingerprint density at radius 1 is 1.38 bits per heavy atom. The molecule has 0 aliphatic heterocycles. The van der Waals surface area contributed by atoms with Gasteiger partial charge in [0.05, 0.1) is 6.26 Å². The lowest BCUT2D eigenvalue weighted by atomic mass is 10.0. The summed E-state index contributed by atoms with van der Waals surface area (Å²) in [6.07, 6.45) is 5.76. The van der Waals surface area contributed by atoms with Crippen molar-refractivity contribution in [1.29, 1.82) is 0 Å². The lowest BCUT2D eigenvalue weighted by Crippen LogP contribution is -2.21. The molecule has 1 aromatic heterocycles. The second kappa shape index (κ2) is 3.32. The van der Waals surface area contributed by atoms with Crippen molar-refractivity contribution in [1.82, 2.24) is 0 Å². The molecule has 1 heterocycles. The molecule has 2 nitrogen and oxygen atoms in total. The van der Waals surface area contributed by atoms with Crippen LogP contribution in [0.1, 0.15) is 24.8 Å². The van der Waals surface area contributed by atoms with Crippen LogP contribution in [0.25, 0.3) is 11.0 Å². The average Bonchev–Trinajstić information content (AvgIpc) is 2.87. The molecule has 0 radical (unpaired) electrons. The fourth-order valence-corrected chi connectivity index (χ4v) is 2.04. The fourth-order valence-electron chi connectivity index (χ4n) is 2.04. The summed E-state index contributed by atoms with van der Waals surface area (Å²) >= 11 is 0. The molecule has 0 spiro atoms. The maximum absolute atomic E-state index is 13.1. The highest BCUT2D eigenvalue weighted by Gasteiger charge is 2.37. The van der Waals surface area contributed by atoms with Crippen LogP contribution < -0.4 is 5.73 Å². The van der Waals surface area contributed by atoms with Crippen molar-refractivity contribution >= 4 is 11.0 Å². The highest BCUT2D eigenvalue weighted by atomic mass is 19.1. The molecule has 84 valence electrons. The molecule has 16 heavy (non-hydrogen) atoms. The molecule has 1 saturated carbocycles. The number of hydrogen-bond acceptors (Lipinski definition) is 2. The molecule has 1 aliphatic rings. The van der Waals surface area contributed by atoms with Gasteiger partial charge in [0.25, 0.3) is 0 Å². The Bertz CT molecular complexity index is 528. The summed E-state index contributed by atoms with van der Waals surface area (Å²) in [7, 11) is 0. The number of benzene rings is 1. The minimum atomic E-state index is -0.218. The van der Waals surface area contributed by atoms with Gasteiger partial charge in [-0.2, -0.15) is 0 Å². The molecule has 0 saturated heterocycles. The number of aryl methyl sites for hydroxylation is 1. The first-order chi connectivity index (χ1) is 7.66. The minimum absolute atomic E-state index is 0.0386. The van der Waals surface area contributed by atoms with Crippen molar-refractivity contribution in [2.45, 2.75) is 31.2 Å². The molecule has 1 aliphatic carbocycles. The number of nitrogens with two attached hydrogens (primary N) is 1. The van der Waals surface area contributed by atoms with E-state index >= 15 is 0 Å². The van der Waals surface area contributed by atoms with Gasteiger partial charge in [0.1, 0.15) is 11.4 Å². The van der Waals surface area contributed by atoms with Crippen LogP contribution in [-0.2, 0) is 6.42 Å². The van der Waals surface area contributed by atoms with Gasteiger partial charge in [-0.25, -0.2) is 4.39 Å². The summed E-state index contributed by atoms with van der Waals surface area (Å²) in [6, 6.07) is 4.62. The van der Waals surface area contributed by atoms with E-state index < -0.39 is 0 Å². The summed E-state index contributed by atoms with van der Waals surface area (Å²) in [4.78, 5) is 0. The molecule has 2 aromatic rings. The lowest BCUT2D eigenvalue weighted by molar-refractivity contribution is 0.587. The Kier molecular flexibility index (Phi) is 2.04. The molecule has 1 fully saturated rings. The second-order valence-corrected chi connectivity index (χ2v) is 4.76. The fraction of sp³-hybridized carbons (Fsp3) is 0.385. The van der Waals surface area contributed by atoms with Gasteiger partial charge in [-0.15, -0.1) is 0 Å². The molecule has 1 aromatic carbocycles. The SMILES string of the molecule is NC1(CCc2coc3ccc(F)cc23)CC1. The van der Waals surface area contributed by atoms with Crippen LogP contribution in [0.2, 0.25) is 0 Å². The number of rotatable bonds is 3. The van der Waals surface area contributed by atoms with Crippen LogP contribution in [0.3, 0.4) is 0 Å². The molecule has 2 N–H and O–H groups in total. The van der Waals surface area contributed by atoms with E-state index in [2.05, 4.69) is 0 Å². The molecule has 3 heteroatoms. The van der Waals surface area contributed by atoms with Crippen molar-refractivity contribution in [2.75, 3.05) is 0 Å². The van der Waals surface area contributed by atoms with Gasteiger partial charge in [0.2, 0.25) is 0 Å². The Balaban J connectivity index is 1.88. The van der Waals surface area contributed by atoms with E-state index in [-0.39, 0.29) is 11.4 Å². The number of fused-ring (bicyclic) bond motifs is 1. The van der Waals surface area contributed by atoms with Gasteiger partial charge >= 0.3 is 0 Å². The highest BCUT2D eigenvalue weighted by Crippen LogP contribution is 2.37. The smallest absolute Gasteiger partial charge is 0.134 e. The normalized spacial score (nSPS) is 17.9. The molecule has 0 bridgehead atoms. The van der Waals surface area contributed by atoms with Gasteiger partial charge in [0.15, 0.2) is 0 Å². The third-order valence-corrected chi connectivity index (χ3v) is 3.40. The Morgan fingerprint density at radius 3 is 2.94 bits per heavy atom. The third kappa shape index (κ3) is 1.71. The largest absolute Gasteiger partial charge is 0.464 e. The van der Waals surface area contributed by atoms with Crippen LogP contribution in [0.5, 0.6) is 0 Å². The van der Waals surface area contributed by atoms with Crippen molar-refractivity contribution in [3.8, 4) is 0 Å². The van der Waals surface area contributed by atoms with Crippen molar-refractivity contribution in [3.05, 3.63) is 35.8 Å². The van der Waals surface area contributed by atoms with Gasteiger partial charge in [-0.3, -0.25) is 0 Å². The monoisotopic (exact) mass is 219 g/mol. The first-order valence-electron chi connectivity index (χ1n) is 5.61. The van der Waals surface area contributed by atoms with Gasteiger partial charge in [0, 0.05) is 10.9 Å². The van der Waals surface area contributed by atoms with E-state index in [4.69, 9.17) is 10.2 Å². The zero-order valence-electron chi connectivity index (χ0n) is 9.00. The zero-order valence-corrected chi connectivity index (χ0v) is 9.00. The van der Waals surface area contributed by atoms with E-state index in [1.165, 1.54) is 12.1 Å². The number of halogens is 1. The summed E-state index contributed by atoms with van der Waals surface area (Å²) in [6.45, 7) is 0. The summed E-state index contributed by atoms with van der Waals surface area (Å²) in [5.41, 5.74) is 7.88. The predicted octanol–water partition coefficient (Wildman–Crippen LogP) is 3.00. The lowest BCUT2D eigenvalue weighted by Gasteiger charge is -2.06. The molecule has 0 atom stereocenters. The maximum Gasteiger partial charge on any atom is 0.134 e. The highest BCUT2D eigenvalue weighted by molar-refractivity contribution is 5.81. The van der Waals surface area contributed by atoms with Crippen molar-refractivity contribution in [3.63, 3.8) is 0 Å². The average molecular weight is 219 g/mol. The van der Waals surface area contributed by atoms with Crippen LogP contribution in [0, 0.1) is 5.82 Å². The van der Waals surface area contributed by atoms with Gasteiger partial charge < -0.3 is 10.2 Å². The van der Waals surface area contributed by atoms with Crippen LogP contribution in [0.15, 0.2) is 28.9 Å². The van der Waals surface area contributed by atoms with Gasteiger partial charge in [-0.1, -0.05) is 0 Å². The Morgan fingerprint density at radius 2 is 2.19 bits per heavy atom. The van der Waals surface area contributed by atoms with Crippen molar-refractivity contribution in [2.24, 2.45) is 5.73 Å². The van der Waals surface area contributed by atoms with E-state index in [9.17, 15) is 4.39 Å². The quantitative estimate of drug-likeness (QED) is 0.861. The van der Waals surface area contributed by atoms with Crippen LogP contribution in [-0.4, -0.2) is 5.54 Å². The molecule has 0 amide bonds. The summed E-state index contributed by atoms with van der Waals surface area (Å²) in [5.74, 6) is -0.218. The van der Waals surface area contributed by atoms with E-state index in [1.54, 1.807) is 12.3 Å². The molecule has 3 rings (SSSR count). The van der Waals surface area contributed by atoms with Crippen molar-refractivity contribution < 1.29 is 8.81 Å². The standard InChI is InChI=1S/C13H14FNO/c14-10-1-2-12-11(7-10)9(8-16-12)3-4-13(15)5-6-13/h1-2,7-8H,3-6,15H2. The first kappa shape index (κ1) is 9.85. The molecular formula is C13H14FNO. The predicted molar refractivity (Wildman–Crippen MR) is 60.6 cm³/mol. The first-order valence-corrected chi connectivity index (χ1v) is 5.61. The number of furan rings is 1. The zero-order chi connectivity index (χ0) is 11.2. The topological polar surface area (TPSA) is 39.2 Å². The Hall–Kier alpha value is -1.35. The van der Waals surface area contributed by atoms with Crippen LogP contribution in [0.4, 0.5) is 4.39 Å².